The van der Waals surface area contributed by atoms with Gasteiger partial charge in [-0.2, -0.15) is 0 Å². The number of benzene rings is 3. The molecule has 0 amide bonds. The minimum absolute atomic E-state index is 0.173. The normalized spacial score (nSPS) is 12.5. The fraction of sp³-hybridized carbons (Fsp3) is 0.158. The van der Waals surface area contributed by atoms with Crippen LogP contribution in [0.5, 0.6) is 0 Å². The summed E-state index contributed by atoms with van der Waals surface area (Å²) in [7, 11) is 1.95. The van der Waals surface area contributed by atoms with E-state index in [9.17, 15) is 4.39 Å². The highest BCUT2D eigenvalue weighted by Gasteiger charge is 2.13. The van der Waals surface area contributed by atoms with Crippen LogP contribution < -0.4 is 5.32 Å². The van der Waals surface area contributed by atoms with Gasteiger partial charge in [0, 0.05) is 11.4 Å². The summed E-state index contributed by atoms with van der Waals surface area (Å²) in [6, 6.07) is 19.6. The van der Waals surface area contributed by atoms with Gasteiger partial charge < -0.3 is 5.32 Å². The molecular weight excluding hydrogens is 261 g/mol. The molecule has 1 N–H and O–H groups in total. The molecule has 21 heavy (non-hydrogen) atoms. The van der Waals surface area contributed by atoms with Crippen LogP contribution >= 0.6 is 0 Å². The lowest BCUT2D eigenvalue weighted by Crippen LogP contribution is -2.13. The summed E-state index contributed by atoms with van der Waals surface area (Å²) >= 11 is 0. The summed E-state index contributed by atoms with van der Waals surface area (Å²) in [5, 5.41) is 4.90. The third kappa shape index (κ3) is 2.43. The van der Waals surface area contributed by atoms with Crippen LogP contribution in [0.3, 0.4) is 0 Å². The second-order valence-corrected chi connectivity index (χ2v) is 5.24. The number of rotatable bonds is 3. The molecule has 3 aromatic carbocycles. The Balaban J connectivity index is 2.29. The molecule has 2 heteroatoms. The van der Waals surface area contributed by atoms with E-state index in [1.807, 2.05) is 49.5 Å². The van der Waals surface area contributed by atoms with Crippen LogP contribution in [-0.4, -0.2) is 7.05 Å². The highest BCUT2D eigenvalue weighted by molar-refractivity contribution is 5.97. The van der Waals surface area contributed by atoms with Gasteiger partial charge in [-0.25, -0.2) is 4.39 Å². The van der Waals surface area contributed by atoms with Gasteiger partial charge in [0.25, 0.3) is 0 Å². The van der Waals surface area contributed by atoms with Crippen molar-refractivity contribution in [2.75, 3.05) is 7.05 Å². The largest absolute Gasteiger partial charge is 0.313 e. The highest BCUT2D eigenvalue weighted by atomic mass is 19.1. The van der Waals surface area contributed by atoms with E-state index >= 15 is 0 Å². The SMILES string of the molecule is CNC(C)c1ccccc1-c1ccc(F)c2ccccc12. The zero-order valence-corrected chi connectivity index (χ0v) is 12.2. The topological polar surface area (TPSA) is 12.0 Å². The maximum atomic E-state index is 14.0. The summed E-state index contributed by atoms with van der Waals surface area (Å²) in [4.78, 5) is 0. The molecule has 0 heterocycles. The first-order valence-corrected chi connectivity index (χ1v) is 7.16. The molecule has 1 unspecified atom stereocenters. The van der Waals surface area contributed by atoms with Crippen LogP contribution in [0, 0.1) is 5.82 Å². The van der Waals surface area contributed by atoms with E-state index < -0.39 is 0 Å². The van der Waals surface area contributed by atoms with Crippen LogP contribution in [-0.2, 0) is 0 Å². The average Bonchev–Trinajstić information content (AvgIpc) is 2.55. The van der Waals surface area contributed by atoms with Gasteiger partial charge in [0.1, 0.15) is 5.82 Å². The van der Waals surface area contributed by atoms with Crippen LogP contribution in [0.15, 0.2) is 60.7 Å². The average molecular weight is 279 g/mol. The molecule has 0 spiro atoms. The Kier molecular flexibility index (Phi) is 3.72. The van der Waals surface area contributed by atoms with Gasteiger partial charge in [-0.15, -0.1) is 0 Å². The van der Waals surface area contributed by atoms with Crippen molar-refractivity contribution in [3.63, 3.8) is 0 Å². The van der Waals surface area contributed by atoms with Crippen molar-refractivity contribution in [1.29, 1.82) is 0 Å². The number of halogens is 1. The van der Waals surface area contributed by atoms with Crippen molar-refractivity contribution in [3.8, 4) is 11.1 Å². The minimum Gasteiger partial charge on any atom is -0.313 e. The van der Waals surface area contributed by atoms with E-state index in [-0.39, 0.29) is 11.9 Å². The number of nitrogens with one attached hydrogen (secondary N) is 1. The Labute approximate surface area is 124 Å². The monoisotopic (exact) mass is 279 g/mol. The van der Waals surface area contributed by atoms with Crippen molar-refractivity contribution in [2.45, 2.75) is 13.0 Å². The second-order valence-electron chi connectivity index (χ2n) is 5.24. The van der Waals surface area contributed by atoms with Crippen molar-refractivity contribution in [1.82, 2.24) is 5.32 Å². The summed E-state index contributed by atoms with van der Waals surface area (Å²) in [6.45, 7) is 2.13. The van der Waals surface area contributed by atoms with Gasteiger partial charge in [-0.3, -0.25) is 0 Å². The first-order chi connectivity index (χ1) is 10.2. The van der Waals surface area contributed by atoms with Crippen molar-refractivity contribution >= 4 is 10.8 Å². The highest BCUT2D eigenvalue weighted by Crippen LogP contribution is 2.34. The lowest BCUT2D eigenvalue weighted by molar-refractivity contribution is 0.640. The molecule has 0 fully saturated rings. The maximum Gasteiger partial charge on any atom is 0.131 e. The summed E-state index contributed by atoms with van der Waals surface area (Å²) in [5.41, 5.74) is 3.44. The molecule has 106 valence electrons. The lowest BCUT2D eigenvalue weighted by Gasteiger charge is -2.17. The number of hydrogen-bond acceptors (Lipinski definition) is 1. The van der Waals surface area contributed by atoms with Gasteiger partial charge >= 0.3 is 0 Å². The zero-order chi connectivity index (χ0) is 14.8. The summed E-state index contributed by atoms with van der Waals surface area (Å²) < 4.78 is 14.0. The quantitative estimate of drug-likeness (QED) is 0.717. The van der Waals surface area contributed by atoms with E-state index in [1.54, 1.807) is 6.07 Å². The standard InChI is InChI=1S/C19H18FN/c1-13(21-2)14-7-3-4-8-15(14)17-11-12-19(20)18-10-6-5-9-16(17)18/h3-13,21H,1-2H3. The third-order valence-electron chi connectivity index (χ3n) is 4.02. The predicted octanol–water partition coefficient (Wildman–Crippen LogP) is 4.93. The molecule has 0 aliphatic rings. The van der Waals surface area contributed by atoms with Crippen LogP contribution in [0.1, 0.15) is 18.5 Å². The van der Waals surface area contributed by atoms with Gasteiger partial charge in [-0.1, -0.05) is 54.6 Å². The minimum atomic E-state index is -0.173. The number of fused-ring (bicyclic) bond motifs is 1. The molecule has 0 aromatic heterocycles. The van der Waals surface area contributed by atoms with Gasteiger partial charge in [0.15, 0.2) is 0 Å². The maximum absolute atomic E-state index is 14.0. The van der Waals surface area contributed by atoms with Crippen LogP contribution in [0.25, 0.3) is 21.9 Å². The Morgan fingerprint density at radius 1 is 0.810 bits per heavy atom. The molecule has 0 aliphatic carbocycles. The summed E-state index contributed by atoms with van der Waals surface area (Å²) in [6.07, 6.45) is 0. The first kappa shape index (κ1) is 13.8. The smallest absolute Gasteiger partial charge is 0.131 e. The van der Waals surface area contributed by atoms with Crippen molar-refractivity contribution in [3.05, 3.63) is 72.0 Å². The van der Waals surface area contributed by atoms with Crippen LogP contribution in [0.4, 0.5) is 4.39 Å². The van der Waals surface area contributed by atoms with Crippen molar-refractivity contribution < 1.29 is 4.39 Å². The lowest BCUT2D eigenvalue weighted by atomic mass is 9.92. The van der Waals surface area contributed by atoms with E-state index in [0.717, 1.165) is 16.5 Å². The van der Waals surface area contributed by atoms with E-state index in [2.05, 4.69) is 24.4 Å². The first-order valence-electron chi connectivity index (χ1n) is 7.16. The molecule has 0 saturated heterocycles. The van der Waals surface area contributed by atoms with E-state index in [4.69, 9.17) is 0 Å². The zero-order valence-electron chi connectivity index (χ0n) is 12.2. The molecule has 0 aliphatic heterocycles. The molecule has 1 atom stereocenters. The Bertz CT molecular complexity index is 779. The summed E-state index contributed by atoms with van der Waals surface area (Å²) in [5.74, 6) is -0.173. The van der Waals surface area contributed by atoms with Crippen LogP contribution in [0.2, 0.25) is 0 Å². The molecule has 0 saturated carbocycles. The predicted molar refractivity (Wildman–Crippen MR) is 86.8 cm³/mol. The second kappa shape index (κ2) is 5.66. The fourth-order valence-electron chi connectivity index (χ4n) is 2.77. The molecule has 0 bridgehead atoms. The third-order valence-corrected chi connectivity index (χ3v) is 4.02. The Morgan fingerprint density at radius 2 is 1.48 bits per heavy atom. The fourth-order valence-corrected chi connectivity index (χ4v) is 2.77. The van der Waals surface area contributed by atoms with Crippen molar-refractivity contribution in [2.24, 2.45) is 0 Å². The molecular formula is C19H18FN. The van der Waals surface area contributed by atoms with Gasteiger partial charge in [0.05, 0.1) is 0 Å². The number of hydrogen-bond donors (Lipinski definition) is 1. The van der Waals surface area contributed by atoms with Gasteiger partial charge in [0.2, 0.25) is 0 Å². The van der Waals surface area contributed by atoms with E-state index in [0.29, 0.717) is 5.39 Å². The molecule has 1 nitrogen and oxygen atoms in total. The Hall–Kier alpha value is -2.19. The molecule has 0 radical (unpaired) electrons. The Morgan fingerprint density at radius 3 is 2.24 bits per heavy atom. The van der Waals surface area contributed by atoms with E-state index in [1.165, 1.54) is 5.56 Å². The molecule has 3 aromatic rings. The molecule has 3 rings (SSSR count). The van der Waals surface area contributed by atoms with Gasteiger partial charge in [-0.05, 0) is 42.1 Å².